The number of carbonyl (C=O) groups is 1. The highest BCUT2D eigenvalue weighted by Gasteiger charge is 2.46. The topological polar surface area (TPSA) is 54.3 Å². The van der Waals surface area contributed by atoms with E-state index in [1.54, 1.807) is 4.68 Å². The third-order valence-corrected chi connectivity index (χ3v) is 4.83. The quantitative estimate of drug-likeness (QED) is 0.856. The van der Waals surface area contributed by atoms with Crippen LogP contribution < -0.4 is 4.90 Å². The van der Waals surface area contributed by atoms with Crippen LogP contribution in [-0.2, 0) is 11.8 Å². The minimum absolute atomic E-state index is 0.153. The first-order valence-corrected chi connectivity index (χ1v) is 8.15. The van der Waals surface area contributed by atoms with Gasteiger partial charge in [-0.1, -0.05) is 6.07 Å². The summed E-state index contributed by atoms with van der Waals surface area (Å²) in [5.74, 6) is 1.82. The van der Waals surface area contributed by atoms with Gasteiger partial charge in [-0.2, -0.15) is 5.10 Å². The predicted octanol–water partition coefficient (Wildman–Crippen LogP) is 1.27. The summed E-state index contributed by atoms with van der Waals surface area (Å²) >= 11 is 0. The molecule has 6 heteroatoms. The molecular weight excluding hydrogens is 290 g/mol. The van der Waals surface area contributed by atoms with Crippen molar-refractivity contribution in [2.45, 2.75) is 12.3 Å². The second kappa shape index (κ2) is 5.68. The molecule has 6 nitrogen and oxygen atoms in total. The summed E-state index contributed by atoms with van der Waals surface area (Å²) in [4.78, 5) is 21.3. The number of amides is 1. The van der Waals surface area contributed by atoms with Crippen LogP contribution in [0.1, 0.15) is 17.9 Å². The average molecular weight is 311 g/mol. The van der Waals surface area contributed by atoms with Gasteiger partial charge < -0.3 is 9.80 Å². The van der Waals surface area contributed by atoms with Crippen molar-refractivity contribution < 1.29 is 4.79 Å². The standard InChI is InChI=1S/C17H21N5O/c1-20-12-13(11-19-20)14-10-15(14)17(23)22-8-6-21(7-9-22)16-4-2-3-5-18-16/h2-5,11-12,14-15H,6-10H2,1H3. The number of aromatic nitrogens is 3. The summed E-state index contributed by atoms with van der Waals surface area (Å²) < 4.78 is 1.81. The van der Waals surface area contributed by atoms with Crippen molar-refractivity contribution in [3.05, 3.63) is 42.4 Å². The molecule has 2 atom stereocenters. The number of nitrogens with zero attached hydrogens (tertiary/aromatic N) is 5. The van der Waals surface area contributed by atoms with E-state index in [0.717, 1.165) is 38.4 Å². The molecular formula is C17H21N5O. The van der Waals surface area contributed by atoms with Crippen LogP contribution in [0.5, 0.6) is 0 Å². The molecule has 0 N–H and O–H groups in total. The van der Waals surface area contributed by atoms with Crippen LogP contribution in [0.2, 0.25) is 0 Å². The molecule has 23 heavy (non-hydrogen) atoms. The smallest absolute Gasteiger partial charge is 0.226 e. The summed E-state index contributed by atoms with van der Waals surface area (Å²) in [5, 5.41) is 4.21. The molecule has 3 heterocycles. The van der Waals surface area contributed by atoms with Crippen molar-refractivity contribution in [1.29, 1.82) is 0 Å². The van der Waals surface area contributed by atoms with Crippen LogP contribution in [0.25, 0.3) is 0 Å². The lowest BCUT2D eigenvalue weighted by Gasteiger charge is -2.35. The lowest BCUT2D eigenvalue weighted by molar-refractivity contribution is -0.133. The molecule has 1 aliphatic heterocycles. The van der Waals surface area contributed by atoms with Gasteiger partial charge in [-0.15, -0.1) is 0 Å². The largest absolute Gasteiger partial charge is 0.353 e. The van der Waals surface area contributed by atoms with Gasteiger partial charge in [0.05, 0.1) is 6.20 Å². The van der Waals surface area contributed by atoms with Crippen molar-refractivity contribution in [3.63, 3.8) is 0 Å². The maximum absolute atomic E-state index is 12.7. The second-order valence-corrected chi connectivity index (χ2v) is 6.40. The summed E-state index contributed by atoms with van der Waals surface area (Å²) in [6.07, 6.45) is 6.69. The Morgan fingerprint density at radius 2 is 2.04 bits per heavy atom. The van der Waals surface area contributed by atoms with Crippen molar-refractivity contribution in [2.24, 2.45) is 13.0 Å². The minimum atomic E-state index is 0.153. The van der Waals surface area contributed by atoms with E-state index < -0.39 is 0 Å². The van der Waals surface area contributed by atoms with Crippen molar-refractivity contribution in [1.82, 2.24) is 19.7 Å². The molecule has 2 unspecified atom stereocenters. The Labute approximate surface area is 135 Å². The van der Waals surface area contributed by atoms with Crippen LogP contribution in [0.3, 0.4) is 0 Å². The van der Waals surface area contributed by atoms with E-state index in [1.165, 1.54) is 5.56 Å². The van der Waals surface area contributed by atoms with E-state index in [1.807, 2.05) is 48.7 Å². The van der Waals surface area contributed by atoms with Gasteiger partial charge in [0.1, 0.15) is 5.82 Å². The van der Waals surface area contributed by atoms with Crippen molar-refractivity contribution >= 4 is 11.7 Å². The molecule has 1 saturated heterocycles. The number of aryl methyl sites for hydroxylation is 1. The van der Waals surface area contributed by atoms with E-state index in [0.29, 0.717) is 11.8 Å². The van der Waals surface area contributed by atoms with Gasteiger partial charge >= 0.3 is 0 Å². The van der Waals surface area contributed by atoms with E-state index in [2.05, 4.69) is 15.0 Å². The number of piperazine rings is 1. The molecule has 2 aromatic heterocycles. The number of pyridine rings is 1. The van der Waals surface area contributed by atoms with Crippen LogP contribution in [0.15, 0.2) is 36.8 Å². The zero-order chi connectivity index (χ0) is 15.8. The van der Waals surface area contributed by atoms with Crippen molar-refractivity contribution in [3.8, 4) is 0 Å². The highest BCUT2D eigenvalue weighted by molar-refractivity contribution is 5.83. The molecule has 1 aliphatic carbocycles. The Kier molecular flexibility index (Phi) is 3.52. The fourth-order valence-electron chi connectivity index (χ4n) is 3.40. The SMILES string of the molecule is Cn1cc(C2CC2C(=O)N2CCN(c3ccccn3)CC2)cn1. The Bertz CT molecular complexity index is 690. The number of carbonyl (C=O) groups excluding carboxylic acids is 1. The second-order valence-electron chi connectivity index (χ2n) is 6.40. The predicted molar refractivity (Wildman–Crippen MR) is 87.1 cm³/mol. The third kappa shape index (κ3) is 2.81. The molecule has 1 amide bonds. The van der Waals surface area contributed by atoms with Crippen LogP contribution in [0.4, 0.5) is 5.82 Å². The molecule has 1 saturated carbocycles. The Morgan fingerprint density at radius 1 is 1.22 bits per heavy atom. The number of anilines is 1. The maximum Gasteiger partial charge on any atom is 0.226 e. The van der Waals surface area contributed by atoms with Gasteiger partial charge in [0, 0.05) is 51.5 Å². The number of rotatable bonds is 3. The molecule has 0 spiro atoms. The van der Waals surface area contributed by atoms with Crippen molar-refractivity contribution in [2.75, 3.05) is 31.1 Å². The Morgan fingerprint density at radius 3 is 2.70 bits per heavy atom. The molecule has 0 aromatic carbocycles. The molecule has 120 valence electrons. The van der Waals surface area contributed by atoms with Gasteiger partial charge in [-0.05, 0) is 30.0 Å². The summed E-state index contributed by atoms with van der Waals surface area (Å²) in [6.45, 7) is 3.28. The molecule has 2 fully saturated rings. The number of hydrogen-bond donors (Lipinski definition) is 0. The Balaban J connectivity index is 1.33. The highest BCUT2D eigenvalue weighted by Crippen LogP contribution is 2.48. The highest BCUT2D eigenvalue weighted by atomic mass is 16.2. The third-order valence-electron chi connectivity index (χ3n) is 4.83. The van der Waals surface area contributed by atoms with Crippen LogP contribution >= 0.6 is 0 Å². The van der Waals surface area contributed by atoms with Crippen LogP contribution in [0, 0.1) is 5.92 Å². The monoisotopic (exact) mass is 311 g/mol. The number of hydrogen-bond acceptors (Lipinski definition) is 4. The van der Waals surface area contributed by atoms with E-state index in [4.69, 9.17) is 0 Å². The fraction of sp³-hybridized carbons (Fsp3) is 0.471. The lowest BCUT2D eigenvalue weighted by Crippen LogP contribution is -2.49. The first-order chi connectivity index (χ1) is 11.2. The average Bonchev–Trinajstić information content (AvgIpc) is 3.29. The van der Waals surface area contributed by atoms with E-state index >= 15 is 0 Å². The molecule has 4 rings (SSSR count). The molecule has 2 aliphatic rings. The van der Waals surface area contributed by atoms with Gasteiger partial charge in [-0.3, -0.25) is 9.48 Å². The fourth-order valence-corrected chi connectivity index (χ4v) is 3.40. The first-order valence-electron chi connectivity index (χ1n) is 8.15. The van der Waals surface area contributed by atoms with Gasteiger partial charge in [-0.25, -0.2) is 4.98 Å². The maximum atomic E-state index is 12.7. The molecule has 0 bridgehead atoms. The van der Waals surface area contributed by atoms with Gasteiger partial charge in [0.25, 0.3) is 0 Å². The molecule has 2 aromatic rings. The molecule has 0 radical (unpaired) electrons. The summed E-state index contributed by atoms with van der Waals surface area (Å²) in [7, 11) is 1.92. The summed E-state index contributed by atoms with van der Waals surface area (Å²) in [5.41, 5.74) is 1.19. The van der Waals surface area contributed by atoms with Crippen LogP contribution in [-0.4, -0.2) is 51.8 Å². The van der Waals surface area contributed by atoms with E-state index in [9.17, 15) is 4.79 Å². The zero-order valence-corrected chi connectivity index (χ0v) is 13.3. The summed E-state index contributed by atoms with van der Waals surface area (Å²) in [6, 6.07) is 5.95. The van der Waals surface area contributed by atoms with Gasteiger partial charge in [0.15, 0.2) is 0 Å². The first kappa shape index (κ1) is 14.2. The van der Waals surface area contributed by atoms with Gasteiger partial charge in [0.2, 0.25) is 5.91 Å². The van der Waals surface area contributed by atoms with E-state index in [-0.39, 0.29) is 5.92 Å². The Hall–Kier alpha value is -2.37. The minimum Gasteiger partial charge on any atom is -0.353 e. The lowest BCUT2D eigenvalue weighted by atomic mass is 10.1. The zero-order valence-electron chi connectivity index (χ0n) is 13.3. The normalized spacial score (nSPS) is 23.9.